The van der Waals surface area contributed by atoms with Crippen molar-refractivity contribution in [1.82, 2.24) is 15.1 Å². The van der Waals surface area contributed by atoms with Crippen LogP contribution < -0.4 is 10.2 Å². The van der Waals surface area contributed by atoms with Gasteiger partial charge in [-0.2, -0.15) is 13.5 Å². The Kier molecular flexibility index (Phi) is 7.97. The molecule has 0 saturated carbocycles. The first-order valence-electron chi connectivity index (χ1n) is 11.1. The largest absolute Gasteiger partial charge is 0.463 e. The van der Waals surface area contributed by atoms with Gasteiger partial charge in [-0.1, -0.05) is 23.7 Å². The molecule has 3 aromatic rings. The minimum Gasteiger partial charge on any atom is -0.463 e. The van der Waals surface area contributed by atoms with Crippen molar-refractivity contribution >= 4 is 62.4 Å². The summed E-state index contributed by atoms with van der Waals surface area (Å²) < 4.78 is 31.6. The molecule has 0 atom stereocenters. The zero-order valence-corrected chi connectivity index (χ0v) is 22.7. The number of amidine groups is 1. The fraction of sp³-hybridized carbons (Fsp3) is 0.261. The molecule has 3 N–H and O–H groups in total. The first kappa shape index (κ1) is 27.4. The average molecular weight is 579 g/mol. The second kappa shape index (κ2) is 11.0. The Morgan fingerprint density at radius 3 is 2.66 bits per heavy atom. The highest BCUT2D eigenvalue weighted by molar-refractivity contribution is 7.85. The molecular weight excluding hydrogens is 556 g/mol. The van der Waals surface area contributed by atoms with E-state index in [0.717, 1.165) is 28.2 Å². The van der Waals surface area contributed by atoms with E-state index in [9.17, 15) is 18.0 Å². The summed E-state index contributed by atoms with van der Waals surface area (Å²) in [5, 5.41) is 18.9. The number of nitrogens with zero attached hydrogens (tertiary/aromatic N) is 4. The lowest BCUT2D eigenvalue weighted by Crippen LogP contribution is -2.26. The number of nitrogens with one attached hydrogen (secondary N) is 2. The first-order chi connectivity index (χ1) is 17.9. The number of hydrogen-bond donors (Lipinski definition) is 3. The lowest BCUT2D eigenvalue weighted by molar-refractivity contribution is 0.0767. The number of amides is 2. The highest BCUT2D eigenvalue weighted by Crippen LogP contribution is 2.32. The van der Waals surface area contributed by atoms with Crippen LogP contribution in [-0.2, 0) is 27.9 Å². The van der Waals surface area contributed by atoms with Crippen LogP contribution in [0.4, 0.5) is 11.5 Å². The van der Waals surface area contributed by atoms with Crippen molar-refractivity contribution in [3.05, 3.63) is 68.0 Å². The summed E-state index contributed by atoms with van der Waals surface area (Å²) in [5.74, 6) is -0.458. The molecule has 1 fully saturated rings. The molecule has 2 aromatic heterocycles. The number of carbonyl (C=O) groups is 2. The summed E-state index contributed by atoms with van der Waals surface area (Å²) in [4.78, 5) is 29.8. The molecule has 200 valence electrons. The molecule has 12 nitrogen and oxygen atoms in total. The van der Waals surface area contributed by atoms with E-state index in [1.807, 2.05) is 24.3 Å². The molecule has 4 heterocycles. The van der Waals surface area contributed by atoms with Crippen LogP contribution in [0.1, 0.15) is 36.9 Å². The SMILES string of the molecule is CS(=O)(=O)O.Cc1nnc(NC(=O)c2ccc(Cl)s2)c2c1CN(Cc1cccc(N3CCOC3=N)c1)C2=O. The fourth-order valence-electron chi connectivity index (χ4n) is 3.93. The Hall–Kier alpha value is -3.59. The number of benzene rings is 1. The van der Waals surface area contributed by atoms with Crippen LogP contribution in [0.2, 0.25) is 4.34 Å². The zero-order chi connectivity index (χ0) is 27.6. The molecule has 15 heteroatoms. The fourth-order valence-corrected chi connectivity index (χ4v) is 4.87. The molecule has 0 aliphatic carbocycles. The number of carbonyl (C=O) groups excluding carboxylic acids is 2. The van der Waals surface area contributed by atoms with E-state index in [4.69, 9.17) is 26.3 Å². The summed E-state index contributed by atoms with van der Waals surface area (Å²) in [6.45, 7) is 3.64. The molecule has 2 aliphatic rings. The van der Waals surface area contributed by atoms with Gasteiger partial charge >= 0.3 is 0 Å². The van der Waals surface area contributed by atoms with Crippen molar-refractivity contribution in [3.63, 3.8) is 0 Å². The average Bonchev–Trinajstić information content (AvgIpc) is 3.55. The van der Waals surface area contributed by atoms with Gasteiger partial charge in [0.25, 0.3) is 28.0 Å². The molecular formula is C23H23ClN6O6S2. The number of hydrogen-bond acceptors (Lipinski definition) is 9. The molecule has 1 saturated heterocycles. The summed E-state index contributed by atoms with van der Waals surface area (Å²) in [5.41, 5.74) is 3.53. The van der Waals surface area contributed by atoms with Crippen LogP contribution in [0.15, 0.2) is 36.4 Å². The number of rotatable bonds is 5. The third-order valence-electron chi connectivity index (χ3n) is 5.55. The smallest absolute Gasteiger partial charge is 0.289 e. The topological polar surface area (TPSA) is 166 Å². The number of aromatic nitrogens is 2. The third kappa shape index (κ3) is 6.45. The Labute approximate surface area is 227 Å². The van der Waals surface area contributed by atoms with E-state index in [2.05, 4.69) is 15.5 Å². The van der Waals surface area contributed by atoms with Crippen LogP contribution in [0.25, 0.3) is 0 Å². The molecule has 2 aliphatic heterocycles. The third-order valence-corrected chi connectivity index (χ3v) is 6.78. The predicted octanol–water partition coefficient (Wildman–Crippen LogP) is 3.18. The van der Waals surface area contributed by atoms with E-state index in [1.54, 1.807) is 28.9 Å². The molecule has 0 radical (unpaired) electrons. The first-order valence-corrected chi connectivity index (χ1v) is 14.2. The van der Waals surface area contributed by atoms with Gasteiger partial charge in [-0.3, -0.25) is 24.5 Å². The van der Waals surface area contributed by atoms with E-state index in [-0.39, 0.29) is 23.7 Å². The maximum Gasteiger partial charge on any atom is 0.289 e. The number of fused-ring (bicyclic) bond motifs is 1. The normalized spacial score (nSPS) is 14.6. The number of halogens is 1. The quantitative estimate of drug-likeness (QED) is 0.385. The van der Waals surface area contributed by atoms with Gasteiger partial charge in [0.05, 0.1) is 33.3 Å². The monoisotopic (exact) mass is 578 g/mol. The predicted molar refractivity (Wildman–Crippen MR) is 143 cm³/mol. The van der Waals surface area contributed by atoms with E-state index in [0.29, 0.717) is 53.0 Å². The molecule has 38 heavy (non-hydrogen) atoms. The molecule has 0 unspecified atom stereocenters. The zero-order valence-electron chi connectivity index (χ0n) is 20.3. The van der Waals surface area contributed by atoms with Crippen molar-refractivity contribution in [2.45, 2.75) is 20.0 Å². The van der Waals surface area contributed by atoms with Gasteiger partial charge in [-0.25, -0.2) is 0 Å². The standard InChI is InChI=1S/C22H19ClN6O3S.CH4O3S/c1-12-15-11-28(10-13-3-2-4-14(9-13)29-7-8-32-22(29)24)21(31)18(15)19(27-26-12)25-20(30)16-5-6-17(23)33-16;1-5(2,3)4/h2-6,9,24H,7-8,10-11H2,1H3,(H,25,27,30);1H3,(H,2,3,4). The van der Waals surface area contributed by atoms with E-state index in [1.165, 1.54) is 0 Å². The van der Waals surface area contributed by atoms with Gasteiger partial charge in [0, 0.05) is 24.3 Å². The maximum absolute atomic E-state index is 13.3. The van der Waals surface area contributed by atoms with Gasteiger partial charge in [0.1, 0.15) is 6.61 Å². The number of thiophene rings is 1. The molecule has 1 aromatic carbocycles. The van der Waals surface area contributed by atoms with Crippen molar-refractivity contribution in [2.24, 2.45) is 0 Å². The molecule has 0 bridgehead atoms. The number of ether oxygens (including phenoxy) is 1. The van der Waals surface area contributed by atoms with Gasteiger partial charge in [0.15, 0.2) is 5.82 Å². The summed E-state index contributed by atoms with van der Waals surface area (Å²) in [6, 6.07) is 11.1. The molecule has 2 amide bonds. The van der Waals surface area contributed by atoms with Gasteiger partial charge < -0.3 is 15.0 Å². The van der Waals surface area contributed by atoms with Crippen LogP contribution in [0.5, 0.6) is 0 Å². The minimum atomic E-state index is -3.67. The maximum atomic E-state index is 13.3. The number of anilines is 2. The second-order valence-corrected chi connectivity index (χ2v) is 11.6. The van der Waals surface area contributed by atoms with Crippen LogP contribution in [-0.4, -0.2) is 65.3 Å². The van der Waals surface area contributed by atoms with Crippen molar-refractivity contribution in [2.75, 3.05) is 29.6 Å². The Morgan fingerprint density at radius 1 is 1.29 bits per heavy atom. The Bertz CT molecular complexity index is 1520. The van der Waals surface area contributed by atoms with Gasteiger partial charge in [0.2, 0.25) is 0 Å². The van der Waals surface area contributed by atoms with Crippen LogP contribution >= 0.6 is 22.9 Å². The minimum absolute atomic E-state index is 0.122. The summed E-state index contributed by atoms with van der Waals surface area (Å²) in [7, 11) is -3.67. The lowest BCUT2D eigenvalue weighted by Gasteiger charge is -2.19. The highest BCUT2D eigenvalue weighted by atomic mass is 35.5. The van der Waals surface area contributed by atoms with Crippen LogP contribution in [0.3, 0.4) is 0 Å². The van der Waals surface area contributed by atoms with Gasteiger partial charge in [-0.15, -0.1) is 16.4 Å². The van der Waals surface area contributed by atoms with Crippen molar-refractivity contribution < 1.29 is 27.3 Å². The summed E-state index contributed by atoms with van der Waals surface area (Å²) in [6.07, 6.45) is 0.715. The lowest BCUT2D eigenvalue weighted by atomic mass is 10.1. The van der Waals surface area contributed by atoms with Gasteiger partial charge in [-0.05, 0) is 36.8 Å². The Balaban J connectivity index is 0.000000617. The number of aryl methyl sites for hydroxylation is 1. The molecule has 5 rings (SSSR count). The Morgan fingerprint density at radius 2 is 2.03 bits per heavy atom. The highest BCUT2D eigenvalue weighted by Gasteiger charge is 2.34. The summed E-state index contributed by atoms with van der Waals surface area (Å²) >= 11 is 7.08. The van der Waals surface area contributed by atoms with E-state index < -0.39 is 10.1 Å². The molecule has 0 spiro atoms. The van der Waals surface area contributed by atoms with Crippen LogP contribution in [0, 0.1) is 12.3 Å². The van der Waals surface area contributed by atoms with Crippen molar-refractivity contribution in [1.29, 1.82) is 5.41 Å². The van der Waals surface area contributed by atoms with E-state index >= 15 is 0 Å². The second-order valence-electron chi connectivity index (χ2n) is 8.41. The van der Waals surface area contributed by atoms with Crippen molar-refractivity contribution in [3.8, 4) is 0 Å².